The molecule has 0 aliphatic rings. The van der Waals surface area contributed by atoms with Gasteiger partial charge in [0.2, 0.25) is 5.91 Å². The van der Waals surface area contributed by atoms with E-state index in [1.807, 2.05) is 6.92 Å². The Bertz CT molecular complexity index is 520. The van der Waals surface area contributed by atoms with Crippen molar-refractivity contribution in [2.45, 2.75) is 65.5 Å². The molecule has 0 aromatic heterocycles. The third-order valence-electron chi connectivity index (χ3n) is 4.92. The van der Waals surface area contributed by atoms with Crippen LogP contribution in [-0.2, 0) is 11.2 Å². The number of carbonyl (C=O) groups is 1. The highest BCUT2D eigenvalue weighted by molar-refractivity contribution is 5.83. The number of rotatable bonds is 8. The summed E-state index contributed by atoms with van der Waals surface area (Å²) in [6.07, 6.45) is 2.07. The van der Waals surface area contributed by atoms with Crippen LogP contribution in [0, 0.1) is 5.92 Å². The molecule has 1 amide bonds. The zero-order valence-corrected chi connectivity index (χ0v) is 18.9. The van der Waals surface area contributed by atoms with E-state index in [4.69, 9.17) is 0 Å². The summed E-state index contributed by atoms with van der Waals surface area (Å²) < 4.78 is 0.910. The van der Waals surface area contributed by atoms with E-state index < -0.39 is 0 Å². The van der Waals surface area contributed by atoms with Crippen LogP contribution in [0.25, 0.3) is 0 Å². The van der Waals surface area contributed by atoms with Crippen LogP contribution in [0.3, 0.4) is 0 Å². The minimum atomic E-state index is -0.111. The Balaban J connectivity index is 0.00000576. The zero-order valence-electron chi connectivity index (χ0n) is 17.3. The monoisotopic (exact) mass is 412 g/mol. The Hall–Kier alpha value is -0.870. The van der Waals surface area contributed by atoms with E-state index in [0.717, 1.165) is 22.9 Å². The fraction of sp³-hybridized carbons (Fsp3) is 0.667. The number of halogens is 1. The molecule has 0 aliphatic carbocycles. The van der Waals surface area contributed by atoms with Gasteiger partial charge in [0, 0.05) is 12.5 Å². The number of nitrogens with zero attached hydrogens (tertiary/aromatic N) is 1. The second kappa shape index (κ2) is 10.3. The molecule has 1 rings (SSSR count). The summed E-state index contributed by atoms with van der Waals surface area (Å²) in [5, 5.41) is 3.18. The van der Waals surface area contributed by atoms with Gasteiger partial charge in [-0.1, -0.05) is 38.1 Å². The van der Waals surface area contributed by atoms with Crippen molar-refractivity contribution in [2.24, 2.45) is 5.92 Å². The maximum atomic E-state index is 12.5. The van der Waals surface area contributed by atoms with E-state index in [9.17, 15) is 4.79 Å². The number of hydrogen-bond donors (Lipinski definition) is 1. The second-order valence-electron chi connectivity index (χ2n) is 8.67. The average molecular weight is 413 g/mol. The Kier molecular flexibility index (Phi) is 9.96. The van der Waals surface area contributed by atoms with E-state index in [1.165, 1.54) is 5.56 Å². The van der Waals surface area contributed by atoms with Gasteiger partial charge in [0.25, 0.3) is 0 Å². The first-order valence-electron chi connectivity index (χ1n) is 9.21. The van der Waals surface area contributed by atoms with Crippen LogP contribution in [0.2, 0.25) is 0 Å². The lowest BCUT2D eigenvalue weighted by Crippen LogP contribution is -3.00. The standard InChI is InChI=1S/C21H36N2O.BrH/c1-15(2)13-19-9-11-20(12-10-19)18(5)21(24)22-16(3)14-17(4)23(6,7)8;/h9-12,15-18H,13-14H2,1-8H3;1H/t16-,17?,18?;/m1./s1. The maximum Gasteiger partial charge on any atom is 0.227 e. The number of carbonyl (C=O) groups excluding carboxylic acids is 1. The first-order chi connectivity index (χ1) is 11.0. The summed E-state index contributed by atoms with van der Waals surface area (Å²) >= 11 is 0. The van der Waals surface area contributed by atoms with Crippen molar-refractivity contribution < 1.29 is 26.3 Å². The summed E-state index contributed by atoms with van der Waals surface area (Å²) in [5.74, 6) is 0.660. The van der Waals surface area contributed by atoms with Gasteiger partial charge in [-0.2, -0.15) is 0 Å². The number of benzene rings is 1. The molecule has 1 N–H and O–H groups in total. The highest BCUT2D eigenvalue weighted by atomic mass is 79.9. The topological polar surface area (TPSA) is 29.1 Å². The van der Waals surface area contributed by atoms with Gasteiger partial charge >= 0.3 is 0 Å². The second-order valence-corrected chi connectivity index (χ2v) is 8.67. The predicted molar refractivity (Wildman–Crippen MR) is 103 cm³/mol. The molecule has 25 heavy (non-hydrogen) atoms. The quantitative estimate of drug-likeness (QED) is 0.633. The molecule has 2 unspecified atom stereocenters. The summed E-state index contributed by atoms with van der Waals surface area (Å²) in [6, 6.07) is 9.20. The van der Waals surface area contributed by atoms with Gasteiger partial charge in [0.15, 0.2) is 0 Å². The highest BCUT2D eigenvalue weighted by Crippen LogP contribution is 2.18. The Labute approximate surface area is 165 Å². The fourth-order valence-electron chi connectivity index (χ4n) is 2.82. The molecule has 144 valence electrons. The van der Waals surface area contributed by atoms with Crippen molar-refractivity contribution in [3.8, 4) is 0 Å². The first kappa shape index (κ1) is 24.1. The van der Waals surface area contributed by atoms with Gasteiger partial charge < -0.3 is 26.8 Å². The fourth-order valence-corrected chi connectivity index (χ4v) is 2.82. The van der Waals surface area contributed by atoms with Gasteiger partial charge in [0.1, 0.15) is 0 Å². The van der Waals surface area contributed by atoms with Gasteiger partial charge in [0.05, 0.1) is 33.1 Å². The van der Waals surface area contributed by atoms with Crippen molar-refractivity contribution in [3.63, 3.8) is 0 Å². The molecular formula is C21H37BrN2O. The summed E-state index contributed by atoms with van der Waals surface area (Å²) in [7, 11) is 6.58. The summed E-state index contributed by atoms with van der Waals surface area (Å²) in [4.78, 5) is 12.5. The van der Waals surface area contributed by atoms with E-state index in [0.29, 0.717) is 12.0 Å². The third kappa shape index (κ3) is 8.37. The minimum Gasteiger partial charge on any atom is -1.00 e. The summed E-state index contributed by atoms with van der Waals surface area (Å²) in [5.41, 5.74) is 2.43. The van der Waals surface area contributed by atoms with E-state index in [2.05, 4.69) is 78.4 Å². The number of hydrogen-bond acceptors (Lipinski definition) is 1. The SMILES string of the molecule is CC(C)Cc1ccc(C(C)C(=O)N[C@H](C)CC(C)[N+](C)(C)C)cc1.[Br-]. The molecule has 0 aliphatic heterocycles. The molecule has 0 spiro atoms. The molecule has 0 saturated heterocycles. The molecule has 3 nitrogen and oxygen atoms in total. The Morgan fingerprint density at radius 1 is 1.00 bits per heavy atom. The van der Waals surface area contributed by atoms with Gasteiger partial charge in [-0.15, -0.1) is 0 Å². The minimum absolute atomic E-state index is 0. The molecule has 3 atom stereocenters. The molecular weight excluding hydrogens is 376 g/mol. The first-order valence-corrected chi connectivity index (χ1v) is 9.21. The zero-order chi connectivity index (χ0) is 18.5. The van der Waals surface area contributed by atoms with Gasteiger partial charge in [-0.3, -0.25) is 4.79 Å². The maximum absolute atomic E-state index is 12.5. The number of amides is 1. The lowest BCUT2D eigenvalue weighted by Gasteiger charge is -2.33. The molecule has 4 heteroatoms. The Morgan fingerprint density at radius 3 is 1.96 bits per heavy atom. The van der Waals surface area contributed by atoms with E-state index in [-0.39, 0.29) is 34.8 Å². The molecule has 0 heterocycles. The Morgan fingerprint density at radius 2 is 1.52 bits per heavy atom. The highest BCUT2D eigenvalue weighted by Gasteiger charge is 2.23. The smallest absolute Gasteiger partial charge is 0.227 e. The molecule has 0 saturated carbocycles. The van der Waals surface area contributed by atoms with Crippen molar-refractivity contribution in [2.75, 3.05) is 21.1 Å². The van der Waals surface area contributed by atoms with Crippen molar-refractivity contribution in [1.82, 2.24) is 5.32 Å². The third-order valence-corrected chi connectivity index (χ3v) is 4.92. The van der Waals surface area contributed by atoms with Crippen LogP contribution in [-0.4, -0.2) is 43.6 Å². The van der Waals surface area contributed by atoms with Crippen LogP contribution in [0.5, 0.6) is 0 Å². The van der Waals surface area contributed by atoms with Gasteiger partial charge in [-0.05, 0) is 44.2 Å². The summed E-state index contributed by atoms with van der Waals surface area (Å²) in [6.45, 7) is 10.8. The van der Waals surface area contributed by atoms with Crippen molar-refractivity contribution in [3.05, 3.63) is 35.4 Å². The van der Waals surface area contributed by atoms with Crippen LogP contribution in [0.15, 0.2) is 24.3 Å². The van der Waals surface area contributed by atoms with Gasteiger partial charge in [-0.25, -0.2) is 0 Å². The average Bonchev–Trinajstić information content (AvgIpc) is 2.45. The van der Waals surface area contributed by atoms with Crippen molar-refractivity contribution >= 4 is 5.91 Å². The van der Waals surface area contributed by atoms with Crippen LogP contribution in [0.4, 0.5) is 0 Å². The van der Waals surface area contributed by atoms with Crippen molar-refractivity contribution in [1.29, 1.82) is 0 Å². The molecule has 1 aromatic rings. The number of nitrogens with one attached hydrogen (secondary N) is 1. The number of quaternary nitrogens is 1. The lowest BCUT2D eigenvalue weighted by molar-refractivity contribution is -0.894. The molecule has 0 radical (unpaired) electrons. The van der Waals surface area contributed by atoms with E-state index >= 15 is 0 Å². The van der Waals surface area contributed by atoms with Crippen LogP contribution >= 0.6 is 0 Å². The predicted octanol–water partition coefficient (Wildman–Crippen LogP) is 0.982. The van der Waals surface area contributed by atoms with E-state index in [1.54, 1.807) is 0 Å². The largest absolute Gasteiger partial charge is 1.00 e. The molecule has 0 bridgehead atoms. The van der Waals surface area contributed by atoms with Crippen LogP contribution in [0.1, 0.15) is 58.1 Å². The molecule has 1 aromatic carbocycles. The van der Waals surface area contributed by atoms with Crippen LogP contribution < -0.4 is 22.3 Å². The normalized spacial score (nSPS) is 15.2. The lowest BCUT2D eigenvalue weighted by atomic mass is 9.96. The molecule has 0 fully saturated rings.